The quantitative estimate of drug-likeness (QED) is 0.482. The number of nitrogens with zero attached hydrogens (tertiary/aromatic N) is 2. The van der Waals surface area contributed by atoms with Gasteiger partial charge >= 0.3 is 6.36 Å². The molecule has 3 amide bonds. The lowest BCUT2D eigenvalue weighted by atomic mass is 9.85. The Balaban J connectivity index is 1.81. The molecule has 1 aromatic heterocycles. The molecule has 1 aromatic carbocycles. The number of carbonyl (C=O) groups excluding carboxylic acids is 3. The summed E-state index contributed by atoms with van der Waals surface area (Å²) in [5.74, 6) is -2.07. The normalized spacial score (nSPS) is 18.7. The van der Waals surface area contributed by atoms with Crippen molar-refractivity contribution in [1.82, 2.24) is 20.5 Å². The number of aliphatic hydroxyl groups excluding tert-OH is 1. The SMILES string of the molecule is CC(=O)N[C@H](C(=O)N1C[C@H](O)C[C@H]1C(=O)NCc1ccc(-c2scnc2C)cc1OC(F)(F)F)C(C)(C)C. The van der Waals surface area contributed by atoms with Crippen molar-refractivity contribution in [2.45, 2.75) is 72.1 Å². The lowest BCUT2D eigenvalue weighted by Crippen LogP contribution is -2.57. The summed E-state index contributed by atoms with van der Waals surface area (Å²) in [6, 6.07) is 2.26. The van der Waals surface area contributed by atoms with Gasteiger partial charge in [0.05, 0.1) is 22.2 Å². The first-order chi connectivity index (χ1) is 17.6. The summed E-state index contributed by atoms with van der Waals surface area (Å²) < 4.78 is 43.7. The molecule has 1 fully saturated rings. The smallest absolute Gasteiger partial charge is 0.405 e. The number of likely N-dealkylation sites (tertiary alicyclic amines) is 1. The molecule has 0 bridgehead atoms. The third kappa shape index (κ3) is 7.22. The summed E-state index contributed by atoms with van der Waals surface area (Å²) >= 11 is 1.28. The van der Waals surface area contributed by atoms with E-state index in [1.54, 1.807) is 39.3 Å². The molecule has 1 aliphatic rings. The Morgan fingerprint density at radius 1 is 1.26 bits per heavy atom. The Kier molecular flexibility index (Phi) is 8.72. The van der Waals surface area contributed by atoms with Gasteiger partial charge in [-0.3, -0.25) is 14.4 Å². The van der Waals surface area contributed by atoms with Crippen LogP contribution in [0.2, 0.25) is 0 Å². The molecule has 2 heterocycles. The standard InChI is InChI=1S/C25H31F3N4O5S/c1-13-20(38-12-30-13)15-6-7-16(19(8-15)37-25(26,27)28)10-29-22(35)18-9-17(34)11-32(18)23(36)21(24(3,4)5)31-14(2)33/h6-8,12,17-18,21,34H,9-11H2,1-5H3,(H,29,35)(H,31,33)/t17-,18+,21-/m1/s1. The number of hydrogen-bond donors (Lipinski definition) is 3. The van der Waals surface area contributed by atoms with Crippen LogP contribution in [0.3, 0.4) is 0 Å². The molecule has 0 saturated carbocycles. The van der Waals surface area contributed by atoms with Gasteiger partial charge in [-0.1, -0.05) is 32.9 Å². The van der Waals surface area contributed by atoms with E-state index < -0.39 is 53.4 Å². The van der Waals surface area contributed by atoms with E-state index in [-0.39, 0.29) is 25.1 Å². The Bertz CT molecular complexity index is 1190. The minimum absolute atomic E-state index is 0.0516. The number of carbonyl (C=O) groups is 3. The van der Waals surface area contributed by atoms with E-state index >= 15 is 0 Å². The first-order valence-corrected chi connectivity index (χ1v) is 12.8. The molecule has 1 saturated heterocycles. The van der Waals surface area contributed by atoms with E-state index in [1.807, 2.05) is 0 Å². The molecule has 13 heteroatoms. The predicted molar refractivity (Wildman–Crippen MR) is 134 cm³/mol. The molecule has 3 rings (SSSR count). The van der Waals surface area contributed by atoms with E-state index in [2.05, 4.69) is 20.4 Å². The number of alkyl halides is 3. The highest BCUT2D eigenvalue weighted by atomic mass is 32.1. The van der Waals surface area contributed by atoms with Crippen LogP contribution < -0.4 is 15.4 Å². The third-order valence-corrected chi connectivity index (χ3v) is 7.06. The van der Waals surface area contributed by atoms with Crippen LogP contribution in [0.25, 0.3) is 10.4 Å². The summed E-state index contributed by atoms with van der Waals surface area (Å²) in [4.78, 5) is 44.1. The highest BCUT2D eigenvalue weighted by Gasteiger charge is 2.44. The maximum atomic E-state index is 13.3. The average Bonchev–Trinajstić information content (AvgIpc) is 3.39. The summed E-state index contributed by atoms with van der Waals surface area (Å²) in [5.41, 5.74) is 2.12. The summed E-state index contributed by atoms with van der Waals surface area (Å²) in [5, 5.41) is 15.4. The van der Waals surface area contributed by atoms with Crippen LogP contribution in [0.15, 0.2) is 23.7 Å². The highest BCUT2D eigenvalue weighted by Crippen LogP contribution is 2.34. The molecule has 208 valence electrons. The number of ether oxygens (including phenoxy) is 1. The molecule has 0 aliphatic carbocycles. The second kappa shape index (κ2) is 11.3. The number of thiazole rings is 1. The highest BCUT2D eigenvalue weighted by molar-refractivity contribution is 7.13. The molecule has 38 heavy (non-hydrogen) atoms. The van der Waals surface area contributed by atoms with Gasteiger partial charge in [0.2, 0.25) is 17.7 Å². The zero-order valence-electron chi connectivity index (χ0n) is 21.7. The zero-order valence-corrected chi connectivity index (χ0v) is 22.5. The number of rotatable bonds is 7. The number of amides is 3. The monoisotopic (exact) mass is 556 g/mol. The van der Waals surface area contributed by atoms with E-state index in [1.165, 1.54) is 35.3 Å². The molecule has 0 spiro atoms. The Labute approximate surface area is 222 Å². The average molecular weight is 557 g/mol. The van der Waals surface area contributed by atoms with Crippen molar-refractivity contribution in [1.29, 1.82) is 0 Å². The van der Waals surface area contributed by atoms with Crippen LogP contribution in [0.4, 0.5) is 13.2 Å². The summed E-state index contributed by atoms with van der Waals surface area (Å²) in [7, 11) is 0. The number of aryl methyl sites for hydroxylation is 1. The lowest BCUT2D eigenvalue weighted by Gasteiger charge is -2.35. The van der Waals surface area contributed by atoms with Gasteiger partial charge in [0, 0.05) is 32.0 Å². The Hall–Kier alpha value is -3.19. The van der Waals surface area contributed by atoms with Crippen molar-refractivity contribution < 1.29 is 37.4 Å². The number of β-amino-alcohol motifs (C(OH)–C–C–N with tert-alkyl or cyclic N) is 1. The van der Waals surface area contributed by atoms with Crippen molar-refractivity contribution in [3.05, 3.63) is 35.0 Å². The van der Waals surface area contributed by atoms with Gasteiger partial charge < -0.3 is 25.4 Å². The number of hydrogen-bond acceptors (Lipinski definition) is 7. The van der Waals surface area contributed by atoms with E-state index in [9.17, 15) is 32.7 Å². The minimum Gasteiger partial charge on any atom is -0.405 e. The molecule has 3 atom stereocenters. The van der Waals surface area contributed by atoms with Crippen molar-refractivity contribution in [2.75, 3.05) is 6.54 Å². The summed E-state index contributed by atoms with van der Waals surface area (Å²) in [6.07, 6.45) is -5.98. The number of halogens is 3. The molecule has 9 nitrogen and oxygen atoms in total. The fourth-order valence-electron chi connectivity index (χ4n) is 4.26. The van der Waals surface area contributed by atoms with E-state index in [0.717, 1.165) is 0 Å². The zero-order chi connectivity index (χ0) is 28.4. The van der Waals surface area contributed by atoms with Crippen LogP contribution in [-0.2, 0) is 20.9 Å². The van der Waals surface area contributed by atoms with E-state index in [0.29, 0.717) is 16.1 Å². The van der Waals surface area contributed by atoms with Crippen LogP contribution in [0, 0.1) is 12.3 Å². The van der Waals surface area contributed by atoms with Crippen LogP contribution in [0.1, 0.15) is 45.4 Å². The molecular weight excluding hydrogens is 525 g/mol. The van der Waals surface area contributed by atoms with Crippen LogP contribution in [-0.4, -0.2) is 63.8 Å². The van der Waals surface area contributed by atoms with Gasteiger partial charge in [-0.05, 0) is 24.0 Å². The van der Waals surface area contributed by atoms with Crippen molar-refractivity contribution in [3.63, 3.8) is 0 Å². The van der Waals surface area contributed by atoms with Gasteiger partial charge in [-0.25, -0.2) is 4.98 Å². The molecule has 3 N–H and O–H groups in total. The maximum absolute atomic E-state index is 13.3. The fraction of sp³-hybridized carbons (Fsp3) is 0.520. The summed E-state index contributed by atoms with van der Waals surface area (Å²) in [6.45, 7) is 7.86. The number of benzene rings is 1. The lowest BCUT2D eigenvalue weighted by molar-refractivity contribution is -0.274. The third-order valence-electron chi connectivity index (χ3n) is 6.08. The second-order valence-corrected chi connectivity index (χ2v) is 11.1. The Morgan fingerprint density at radius 2 is 1.95 bits per heavy atom. The van der Waals surface area contributed by atoms with Crippen LogP contribution >= 0.6 is 11.3 Å². The molecular formula is C25H31F3N4O5S. The number of aromatic nitrogens is 1. The minimum atomic E-state index is -4.95. The first-order valence-electron chi connectivity index (χ1n) is 11.9. The molecule has 2 aromatic rings. The molecule has 1 aliphatic heterocycles. The fourth-order valence-corrected chi connectivity index (χ4v) is 5.07. The largest absolute Gasteiger partial charge is 0.573 e. The van der Waals surface area contributed by atoms with Crippen molar-refractivity contribution in [2.24, 2.45) is 5.41 Å². The topological polar surface area (TPSA) is 121 Å². The van der Waals surface area contributed by atoms with Gasteiger partial charge in [0.25, 0.3) is 0 Å². The van der Waals surface area contributed by atoms with Gasteiger partial charge in [0.15, 0.2) is 0 Å². The molecule has 0 radical (unpaired) electrons. The van der Waals surface area contributed by atoms with Gasteiger partial charge in [-0.15, -0.1) is 24.5 Å². The van der Waals surface area contributed by atoms with Gasteiger partial charge in [-0.2, -0.15) is 0 Å². The number of aliphatic hydroxyl groups is 1. The second-order valence-electron chi connectivity index (χ2n) is 10.3. The predicted octanol–water partition coefficient (Wildman–Crippen LogP) is 3.15. The Morgan fingerprint density at radius 3 is 2.50 bits per heavy atom. The van der Waals surface area contributed by atoms with Crippen LogP contribution in [0.5, 0.6) is 5.75 Å². The number of nitrogens with one attached hydrogen (secondary N) is 2. The first kappa shape index (κ1) is 29.4. The van der Waals surface area contributed by atoms with Gasteiger partial charge in [0.1, 0.15) is 17.8 Å². The van der Waals surface area contributed by atoms with Crippen molar-refractivity contribution in [3.8, 4) is 16.2 Å². The van der Waals surface area contributed by atoms with Crippen molar-refractivity contribution >= 4 is 29.1 Å². The molecule has 0 unspecified atom stereocenters. The van der Waals surface area contributed by atoms with E-state index in [4.69, 9.17) is 0 Å². The maximum Gasteiger partial charge on any atom is 0.573 e.